The molecule has 0 aliphatic rings. The largest absolute Gasteiger partial charge is 0.412 e. The molecule has 2 aromatic carbocycles. The molecule has 1 amide bonds. The number of benzene rings is 2. The Morgan fingerprint density at radius 3 is 2.55 bits per heavy atom. The van der Waals surface area contributed by atoms with E-state index >= 15 is 0 Å². The van der Waals surface area contributed by atoms with Crippen LogP contribution in [0.25, 0.3) is 11.5 Å². The third-order valence-electron chi connectivity index (χ3n) is 2.83. The van der Waals surface area contributed by atoms with E-state index in [2.05, 4.69) is 31.4 Å². The van der Waals surface area contributed by atoms with Crippen LogP contribution in [0.2, 0.25) is 0 Å². The molecular weight excluding hydrogens is 353 g/mol. The Balaban J connectivity index is 1.80. The van der Waals surface area contributed by atoms with Crippen LogP contribution in [0.3, 0.4) is 0 Å². The van der Waals surface area contributed by atoms with E-state index in [4.69, 9.17) is 4.42 Å². The number of halogens is 2. The fourth-order valence-corrected chi connectivity index (χ4v) is 2.04. The van der Waals surface area contributed by atoms with Gasteiger partial charge in [0.05, 0.1) is 5.56 Å². The highest BCUT2D eigenvalue weighted by Gasteiger charge is 2.17. The number of rotatable bonds is 3. The van der Waals surface area contributed by atoms with Crippen LogP contribution in [0.5, 0.6) is 0 Å². The molecule has 0 aliphatic carbocycles. The Labute approximate surface area is 133 Å². The van der Waals surface area contributed by atoms with Crippen molar-refractivity contribution in [1.82, 2.24) is 10.2 Å². The summed E-state index contributed by atoms with van der Waals surface area (Å²) in [4.78, 5) is 12.0. The van der Waals surface area contributed by atoms with E-state index in [-0.39, 0.29) is 17.3 Å². The molecule has 0 unspecified atom stereocenters. The summed E-state index contributed by atoms with van der Waals surface area (Å²) in [6, 6.07) is 13.0. The number of nitrogens with zero attached hydrogens (tertiary/aromatic N) is 2. The molecule has 5 nitrogen and oxygen atoms in total. The van der Waals surface area contributed by atoms with Gasteiger partial charge in [-0.3, -0.25) is 4.79 Å². The van der Waals surface area contributed by atoms with Crippen molar-refractivity contribution < 1.29 is 13.6 Å². The zero-order chi connectivity index (χ0) is 15.5. The predicted molar refractivity (Wildman–Crippen MR) is 81.8 cm³/mol. The number of amides is 1. The molecule has 0 atom stereocenters. The second-order valence-electron chi connectivity index (χ2n) is 4.35. The second-order valence-corrected chi connectivity index (χ2v) is 5.27. The van der Waals surface area contributed by atoms with Crippen molar-refractivity contribution in [3.8, 4) is 11.5 Å². The molecule has 110 valence electrons. The van der Waals surface area contributed by atoms with Crippen molar-refractivity contribution in [2.75, 3.05) is 5.32 Å². The van der Waals surface area contributed by atoms with Crippen molar-refractivity contribution in [2.45, 2.75) is 0 Å². The van der Waals surface area contributed by atoms with E-state index in [9.17, 15) is 9.18 Å². The summed E-state index contributed by atoms with van der Waals surface area (Å²) >= 11 is 3.30. The first-order chi connectivity index (χ1) is 10.6. The predicted octanol–water partition coefficient (Wildman–Crippen LogP) is 3.89. The van der Waals surface area contributed by atoms with Gasteiger partial charge in [-0.25, -0.2) is 4.39 Å². The first-order valence-corrected chi connectivity index (χ1v) is 7.08. The molecule has 0 radical (unpaired) electrons. The van der Waals surface area contributed by atoms with Crippen molar-refractivity contribution in [3.05, 3.63) is 64.7 Å². The lowest BCUT2D eigenvalue weighted by Gasteiger charge is -2.01. The lowest BCUT2D eigenvalue weighted by atomic mass is 10.2. The highest BCUT2D eigenvalue weighted by molar-refractivity contribution is 9.10. The van der Waals surface area contributed by atoms with Crippen molar-refractivity contribution in [2.24, 2.45) is 0 Å². The molecule has 0 bridgehead atoms. The molecule has 22 heavy (non-hydrogen) atoms. The molecule has 1 heterocycles. The molecule has 0 saturated heterocycles. The number of hydrogen-bond donors (Lipinski definition) is 1. The summed E-state index contributed by atoms with van der Waals surface area (Å²) in [5.41, 5.74) is 0.733. The van der Waals surface area contributed by atoms with Crippen molar-refractivity contribution >= 4 is 27.5 Å². The Hall–Kier alpha value is -2.54. The molecule has 0 fully saturated rings. The zero-order valence-electron chi connectivity index (χ0n) is 11.1. The van der Waals surface area contributed by atoms with Crippen LogP contribution in [-0.2, 0) is 0 Å². The highest BCUT2D eigenvalue weighted by Crippen LogP contribution is 2.21. The van der Waals surface area contributed by atoms with Crippen molar-refractivity contribution in [3.63, 3.8) is 0 Å². The molecule has 7 heteroatoms. The lowest BCUT2D eigenvalue weighted by Crippen LogP contribution is -2.12. The SMILES string of the molecule is O=C(Nc1ccc(Br)cc1)c1nnc(-c2ccccc2F)o1. The van der Waals surface area contributed by atoms with Gasteiger partial charge < -0.3 is 9.73 Å². The number of anilines is 1. The Kier molecular flexibility index (Phi) is 3.97. The van der Waals surface area contributed by atoms with Gasteiger partial charge in [0.1, 0.15) is 5.82 Å². The molecule has 1 N–H and O–H groups in total. The highest BCUT2D eigenvalue weighted by atomic mass is 79.9. The number of hydrogen-bond acceptors (Lipinski definition) is 4. The van der Waals surface area contributed by atoms with Crippen LogP contribution in [0.15, 0.2) is 57.4 Å². The average Bonchev–Trinajstić information content (AvgIpc) is 3.00. The van der Waals surface area contributed by atoms with Crippen LogP contribution >= 0.6 is 15.9 Å². The van der Waals surface area contributed by atoms with Gasteiger partial charge in [-0.05, 0) is 36.4 Å². The van der Waals surface area contributed by atoms with Gasteiger partial charge in [0.25, 0.3) is 5.89 Å². The molecule has 0 saturated carbocycles. The summed E-state index contributed by atoms with van der Waals surface area (Å²) in [5, 5.41) is 9.96. The topological polar surface area (TPSA) is 68.0 Å². The minimum Gasteiger partial charge on any atom is -0.412 e. The summed E-state index contributed by atoms with van der Waals surface area (Å²) in [6.45, 7) is 0. The Bertz CT molecular complexity index is 818. The van der Waals surface area contributed by atoms with Crippen LogP contribution in [0.1, 0.15) is 10.7 Å². The molecule has 3 rings (SSSR count). The van der Waals surface area contributed by atoms with Gasteiger partial charge in [-0.2, -0.15) is 0 Å². The minimum absolute atomic E-state index is 0.0425. The lowest BCUT2D eigenvalue weighted by molar-refractivity contribution is 0.0991. The van der Waals surface area contributed by atoms with Crippen molar-refractivity contribution in [1.29, 1.82) is 0 Å². The monoisotopic (exact) mass is 361 g/mol. The second kappa shape index (κ2) is 6.07. The minimum atomic E-state index is -0.558. The first-order valence-electron chi connectivity index (χ1n) is 6.29. The maximum atomic E-state index is 13.6. The van der Waals surface area contributed by atoms with Gasteiger partial charge in [0, 0.05) is 10.2 Å². The molecule has 0 aliphatic heterocycles. The van der Waals surface area contributed by atoms with Gasteiger partial charge in [0.2, 0.25) is 0 Å². The third-order valence-corrected chi connectivity index (χ3v) is 3.35. The quantitative estimate of drug-likeness (QED) is 0.768. The van der Waals surface area contributed by atoms with Gasteiger partial charge in [0.15, 0.2) is 0 Å². The van der Waals surface area contributed by atoms with Gasteiger partial charge in [-0.15, -0.1) is 10.2 Å². The summed E-state index contributed by atoms with van der Waals surface area (Å²) < 4.78 is 19.8. The van der Waals surface area contributed by atoms with E-state index in [0.29, 0.717) is 5.69 Å². The van der Waals surface area contributed by atoms with Gasteiger partial charge in [-0.1, -0.05) is 28.1 Å². The van der Waals surface area contributed by atoms with Crippen LogP contribution in [0.4, 0.5) is 10.1 Å². The van der Waals surface area contributed by atoms with Crippen LogP contribution in [0, 0.1) is 5.82 Å². The number of nitrogens with one attached hydrogen (secondary N) is 1. The molecule has 0 spiro atoms. The van der Waals surface area contributed by atoms with E-state index in [0.717, 1.165) is 4.47 Å². The normalized spacial score (nSPS) is 10.5. The Morgan fingerprint density at radius 2 is 1.82 bits per heavy atom. The zero-order valence-corrected chi connectivity index (χ0v) is 12.7. The molecule has 1 aromatic heterocycles. The maximum Gasteiger partial charge on any atom is 0.313 e. The van der Waals surface area contributed by atoms with E-state index in [1.165, 1.54) is 12.1 Å². The van der Waals surface area contributed by atoms with Crippen LogP contribution < -0.4 is 5.32 Å². The molecular formula is C15H9BrFN3O2. The summed E-state index contributed by atoms with van der Waals surface area (Å²) in [7, 11) is 0. The first kappa shape index (κ1) is 14.4. The fourth-order valence-electron chi connectivity index (χ4n) is 1.78. The van der Waals surface area contributed by atoms with E-state index in [1.54, 1.807) is 36.4 Å². The Morgan fingerprint density at radius 1 is 1.09 bits per heavy atom. The van der Waals surface area contributed by atoms with E-state index in [1.807, 2.05) is 0 Å². The number of carbonyl (C=O) groups excluding carboxylic acids is 1. The standard InChI is InChI=1S/C15H9BrFN3O2/c16-9-5-7-10(8-6-9)18-13(21)15-20-19-14(22-15)11-3-1-2-4-12(11)17/h1-8H,(H,18,21). The average molecular weight is 362 g/mol. The molecule has 3 aromatic rings. The maximum absolute atomic E-state index is 13.6. The third kappa shape index (κ3) is 3.04. The van der Waals surface area contributed by atoms with Gasteiger partial charge >= 0.3 is 11.8 Å². The number of carbonyl (C=O) groups is 1. The number of aromatic nitrogens is 2. The summed E-state index contributed by atoms with van der Waals surface area (Å²) in [5.74, 6) is -1.33. The van der Waals surface area contributed by atoms with E-state index < -0.39 is 11.7 Å². The van der Waals surface area contributed by atoms with Crippen LogP contribution in [-0.4, -0.2) is 16.1 Å². The summed E-state index contributed by atoms with van der Waals surface area (Å²) in [6.07, 6.45) is 0. The smallest absolute Gasteiger partial charge is 0.313 e. The fraction of sp³-hybridized carbons (Fsp3) is 0.